The van der Waals surface area contributed by atoms with Crippen LogP contribution in [-0.2, 0) is 23.8 Å². The number of hydrogen-bond donors (Lipinski definition) is 3. The van der Waals surface area contributed by atoms with Crippen LogP contribution in [0.3, 0.4) is 0 Å². The fraction of sp³-hybridized carbons (Fsp3) is 0.511. The number of alkyl carbamates (subject to hydrolysis) is 2. The third kappa shape index (κ3) is 9.24. The Hall–Kier alpha value is -5.21. The maximum atomic E-state index is 14.1. The third-order valence-electron chi connectivity index (χ3n) is 12.3. The zero-order chi connectivity index (χ0) is 42.7. The Kier molecular flexibility index (Phi) is 13.3. The Morgan fingerprint density at radius 1 is 0.800 bits per heavy atom. The number of hydrogen-bond acceptors (Lipinski definition) is 9. The average molecular weight is 842 g/mol. The number of amides is 4. The number of nitrogens with one attached hydrogen (secondary N) is 3. The standard InChI is InChI=1S/C45H56ClN7O7/c1-25(2)38(50-44(56)58-5)42(54)52-23-26(3)19-36(52)34-21-33(40(46)48-34)30-11-7-28(8-12-30)29-9-13-31(14-10-29)35-22-47-41(49-35)37-20-27(4)24-53(37)43(55)39(51-45(57)59-6)32-15-17-60-18-16-32/h7-14,22,25-27,32,36-39H,15-21,23-24H2,1-6H3,(H,47,49)(H,50,56)(H,51,57)/t26-,27-,36-,37-,38-,39-/m0/s1. The van der Waals surface area contributed by atoms with Gasteiger partial charge in [-0.3, -0.25) is 9.59 Å². The molecule has 0 bridgehead atoms. The number of carbonyl (C=O) groups is 4. The molecule has 5 heterocycles. The van der Waals surface area contributed by atoms with Crippen LogP contribution >= 0.6 is 11.6 Å². The first-order chi connectivity index (χ1) is 28.8. The van der Waals surface area contributed by atoms with E-state index >= 15 is 0 Å². The number of benzene rings is 2. The minimum absolute atomic E-state index is 0.0401. The second-order valence-corrected chi connectivity index (χ2v) is 17.4. The predicted molar refractivity (Wildman–Crippen MR) is 229 cm³/mol. The smallest absolute Gasteiger partial charge is 0.407 e. The molecule has 1 aromatic heterocycles. The lowest BCUT2D eigenvalue weighted by atomic mass is 9.90. The normalized spacial score (nSPS) is 23.1. The van der Waals surface area contributed by atoms with Gasteiger partial charge in [-0.2, -0.15) is 0 Å². The summed E-state index contributed by atoms with van der Waals surface area (Å²) < 4.78 is 15.2. The van der Waals surface area contributed by atoms with Gasteiger partial charge in [0.25, 0.3) is 0 Å². The zero-order valence-electron chi connectivity index (χ0n) is 35.2. The van der Waals surface area contributed by atoms with Crippen molar-refractivity contribution in [2.45, 2.75) is 84.0 Å². The van der Waals surface area contributed by atoms with Crippen molar-refractivity contribution in [3.05, 3.63) is 71.3 Å². The van der Waals surface area contributed by atoms with Crippen molar-refractivity contribution < 1.29 is 33.4 Å². The highest BCUT2D eigenvalue weighted by molar-refractivity contribution is 6.35. The van der Waals surface area contributed by atoms with E-state index in [0.717, 1.165) is 57.9 Å². The molecule has 4 aliphatic rings. The summed E-state index contributed by atoms with van der Waals surface area (Å²) in [6.45, 7) is 10.3. The Morgan fingerprint density at radius 3 is 1.95 bits per heavy atom. The molecule has 320 valence electrons. The van der Waals surface area contributed by atoms with Crippen LogP contribution in [0.25, 0.3) is 28.0 Å². The number of aliphatic imine (C=N–C) groups is 1. The summed E-state index contributed by atoms with van der Waals surface area (Å²) in [6.07, 6.45) is 3.99. The van der Waals surface area contributed by atoms with Crippen LogP contribution in [0.5, 0.6) is 0 Å². The van der Waals surface area contributed by atoms with E-state index in [4.69, 9.17) is 35.8 Å². The topological polar surface area (TPSA) is 168 Å². The highest BCUT2D eigenvalue weighted by Gasteiger charge is 2.43. The van der Waals surface area contributed by atoms with Crippen molar-refractivity contribution in [3.8, 4) is 22.4 Å². The van der Waals surface area contributed by atoms with Crippen molar-refractivity contribution in [3.63, 3.8) is 0 Å². The molecule has 0 saturated carbocycles. The van der Waals surface area contributed by atoms with Crippen molar-refractivity contribution in [1.82, 2.24) is 30.4 Å². The van der Waals surface area contributed by atoms with Gasteiger partial charge >= 0.3 is 12.2 Å². The van der Waals surface area contributed by atoms with Crippen LogP contribution in [0.2, 0.25) is 0 Å². The largest absolute Gasteiger partial charge is 0.453 e. The Labute approximate surface area is 356 Å². The summed E-state index contributed by atoms with van der Waals surface area (Å²) in [7, 11) is 2.60. The molecule has 0 radical (unpaired) electrons. The number of aromatic nitrogens is 2. The van der Waals surface area contributed by atoms with Gasteiger partial charge in [0, 0.05) is 44.0 Å². The number of aromatic amines is 1. The zero-order valence-corrected chi connectivity index (χ0v) is 36.0. The maximum absolute atomic E-state index is 14.1. The summed E-state index contributed by atoms with van der Waals surface area (Å²) in [6, 6.07) is 14.6. The van der Waals surface area contributed by atoms with E-state index < -0.39 is 24.3 Å². The van der Waals surface area contributed by atoms with Crippen LogP contribution in [0.1, 0.15) is 77.2 Å². The Bertz CT molecular complexity index is 2110. The lowest BCUT2D eigenvalue weighted by molar-refractivity contribution is -0.137. The first-order valence-electron chi connectivity index (χ1n) is 20.9. The second-order valence-electron chi connectivity index (χ2n) is 17.0. The molecule has 3 N–H and O–H groups in total. The molecule has 14 nitrogen and oxygen atoms in total. The Morgan fingerprint density at radius 2 is 1.35 bits per heavy atom. The van der Waals surface area contributed by atoms with Crippen molar-refractivity contribution >= 4 is 46.9 Å². The number of H-pyrrole nitrogens is 1. The fourth-order valence-electron chi connectivity index (χ4n) is 9.09. The number of methoxy groups -OCH3 is 2. The summed E-state index contributed by atoms with van der Waals surface area (Å²) in [5, 5.41) is 5.97. The lowest BCUT2D eigenvalue weighted by Crippen LogP contribution is -2.53. The quantitative estimate of drug-likeness (QED) is 0.171. The number of rotatable bonds is 11. The van der Waals surface area contributed by atoms with E-state index in [-0.39, 0.29) is 47.6 Å². The molecule has 3 aromatic rings. The van der Waals surface area contributed by atoms with E-state index in [1.165, 1.54) is 14.2 Å². The van der Waals surface area contributed by atoms with E-state index in [1.807, 2.05) is 29.8 Å². The Balaban J connectivity index is 1.00. The number of likely N-dealkylation sites (tertiary alicyclic amines) is 2. The molecular weight excluding hydrogens is 786 g/mol. The van der Waals surface area contributed by atoms with Crippen molar-refractivity contribution in [2.75, 3.05) is 40.5 Å². The van der Waals surface area contributed by atoms with Gasteiger partial charge in [-0.15, -0.1) is 0 Å². The number of allylic oxidation sites excluding steroid dienone is 1. The van der Waals surface area contributed by atoms with Crippen LogP contribution in [-0.4, -0.2) is 108 Å². The predicted octanol–water partition coefficient (Wildman–Crippen LogP) is 7.17. The molecule has 0 aliphatic carbocycles. The summed E-state index contributed by atoms with van der Waals surface area (Å²) in [4.78, 5) is 69.0. The molecular formula is C45H56ClN7O7. The van der Waals surface area contributed by atoms with Gasteiger partial charge in [-0.1, -0.05) is 87.8 Å². The van der Waals surface area contributed by atoms with Gasteiger partial charge < -0.3 is 39.6 Å². The van der Waals surface area contributed by atoms with Gasteiger partial charge in [0.2, 0.25) is 11.8 Å². The third-order valence-corrected chi connectivity index (χ3v) is 12.7. The summed E-state index contributed by atoms with van der Waals surface area (Å²) >= 11 is 6.79. The lowest BCUT2D eigenvalue weighted by Gasteiger charge is -2.34. The first kappa shape index (κ1) is 42.9. The average Bonchev–Trinajstić information content (AvgIpc) is 4.07. The van der Waals surface area contributed by atoms with Gasteiger partial charge in [0.1, 0.15) is 23.1 Å². The van der Waals surface area contributed by atoms with Gasteiger partial charge in [0.15, 0.2) is 0 Å². The van der Waals surface area contributed by atoms with E-state index in [1.54, 1.807) is 0 Å². The van der Waals surface area contributed by atoms with Crippen molar-refractivity contribution in [2.24, 2.45) is 28.7 Å². The van der Waals surface area contributed by atoms with E-state index in [9.17, 15) is 19.2 Å². The molecule has 4 amide bonds. The molecule has 4 aliphatic heterocycles. The number of ether oxygens (including phenoxy) is 3. The number of halogens is 1. The van der Waals surface area contributed by atoms with Crippen molar-refractivity contribution in [1.29, 1.82) is 0 Å². The van der Waals surface area contributed by atoms with Gasteiger partial charge in [0.05, 0.1) is 38.2 Å². The van der Waals surface area contributed by atoms with E-state index in [0.29, 0.717) is 50.7 Å². The van der Waals surface area contributed by atoms with Gasteiger partial charge in [-0.25, -0.2) is 19.6 Å². The van der Waals surface area contributed by atoms with Crippen LogP contribution in [0, 0.1) is 23.7 Å². The minimum atomic E-state index is -0.711. The monoisotopic (exact) mass is 841 g/mol. The SMILES string of the molecule is COC(=O)N[C@H](C(=O)N1C[C@@H](C)C[C@H]1C1=NC(Cl)=C(c2ccc(-c3ccc(-c4cnc([C@@H]5C[C@H](C)CN5C(=O)[C@@H](NC(=O)OC)C5CCOCC5)[nH]4)cc3)cc2)C1)C(C)C. The maximum Gasteiger partial charge on any atom is 0.407 e. The molecule has 7 rings (SSSR count). The molecule has 0 unspecified atom stereocenters. The number of carbonyl (C=O) groups excluding carboxylic acids is 4. The highest BCUT2D eigenvalue weighted by Crippen LogP contribution is 2.39. The van der Waals surface area contributed by atoms with Crippen LogP contribution < -0.4 is 10.6 Å². The minimum Gasteiger partial charge on any atom is -0.453 e. The molecule has 6 atom stereocenters. The highest BCUT2D eigenvalue weighted by atomic mass is 35.5. The summed E-state index contributed by atoms with van der Waals surface area (Å²) in [5.74, 6) is 0.820. The number of nitrogens with zero attached hydrogens (tertiary/aromatic N) is 4. The summed E-state index contributed by atoms with van der Waals surface area (Å²) in [5.41, 5.74) is 6.64. The van der Waals surface area contributed by atoms with Gasteiger partial charge in [-0.05, 0) is 71.6 Å². The molecule has 2 aromatic carbocycles. The molecule has 3 saturated heterocycles. The van der Waals surface area contributed by atoms with E-state index in [2.05, 4.69) is 78.0 Å². The second kappa shape index (κ2) is 18.6. The van der Waals surface area contributed by atoms with Crippen LogP contribution in [0.4, 0.5) is 9.59 Å². The first-order valence-corrected chi connectivity index (χ1v) is 21.3. The molecule has 15 heteroatoms. The molecule has 0 spiro atoms. The molecule has 60 heavy (non-hydrogen) atoms. The number of imidazole rings is 1. The fourth-order valence-corrected chi connectivity index (χ4v) is 9.37. The van der Waals surface area contributed by atoms with Crippen LogP contribution in [0.15, 0.2) is 64.9 Å². The molecule has 3 fully saturated rings.